The minimum Gasteiger partial charge on any atom is -0.438 e. The highest BCUT2D eigenvalue weighted by Gasteiger charge is 2.43. The Hall–Kier alpha value is -1.55. The third-order valence-electron chi connectivity index (χ3n) is 3.03. The quantitative estimate of drug-likeness (QED) is 0.360. The first kappa shape index (κ1) is 13.4. The Bertz CT molecular complexity index is 601. The number of aromatic nitrogens is 4. The van der Waals surface area contributed by atoms with E-state index in [0.717, 1.165) is 0 Å². The van der Waals surface area contributed by atoms with Gasteiger partial charge in [0.15, 0.2) is 0 Å². The molecule has 0 N–H and O–H groups in total. The monoisotopic (exact) mass is 313 g/mol. The van der Waals surface area contributed by atoms with E-state index in [2.05, 4.69) is 28.2 Å². The molecule has 1 fully saturated rings. The summed E-state index contributed by atoms with van der Waals surface area (Å²) >= 11 is 5.79. The predicted molar refractivity (Wildman–Crippen MR) is 72.4 cm³/mol. The number of thioether (sulfide) groups is 1. The van der Waals surface area contributed by atoms with Crippen LogP contribution in [0.1, 0.15) is 17.7 Å². The van der Waals surface area contributed by atoms with Gasteiger partial charge < -0.3 is 4.74 Å². The molecule has 3 rings (SSSR count). The van der Waals surface area contributed by atoms with Gasteiger partial charge in [0.1, 0.15) is 5.70 Å². The first-order valence-electron chi connectivity index (χ1n) is 5.83. The summed E-state index contributed by atoms with van der Waals surface area (Å²) in [4.78, 5) is 25.2. The number of amides is 1. The maximum absolute atomic E-state index is 12.1. The van der Waals surface area contributed by atoms with Gasteiger partial charge in [-0.1, -0.05) is 0 Å². The number of tetrazole rings is 1. The second-order valence-electron chi connectivity index (χ2n) is 4.26. The van der Waals surface area contributed by atoms with Crippen LogP contribution in [0.2, 0.25) is 0 Å². The largest absolute Gasteiger partial charge is 0.438 e. The van der Waals surface area contributed by atoms with Gasteiger partial charge in [-0.2, -0.15) is 0 Å². The third kappa shape index (κ3) is 2.18. The van der Waals surface area contributed by atoms with E-state index in [1.807, 2.05) is 0 Å². The van der Waals surface area contributed by atoms with Gasteiger partial charge >= 0.3 is 5.97 Å². The van der Waals surface area contributed by atoms with Gasteiger partial charge in [0.25, 0.3) is 0 Å². The highest BCUT2D eigenvalue weighted by Crippen LogP contribution is 2.37. The molecule has 1 unspecified atom stereocenters. The van der Waals surface area contributed by atoms with Crippen molar-refractivity contribution in [2.75, 3.05) is 5.75 Å². The van der Waals surface area contributed by atoms with Crippen molar-refractivity contribution >= 4 is 36.3 Å². The lowest BCUT2D eigenvalue weighted by Crippen LogP contribution is -2.53. The zero-order valence-corrected chi connectivity index (χ0v) is 12.2. The summed E-state index contributed by atoms with van der Waals surface area (Å²) in [6.45, 7) is 0. The molecule has 1 aromatic rings. The number of rotatable bonds is 3. The Kier molecular flexibility index (Phi) is 3.42. The molecule has 0 aliphatic carbocycles. The molecule has 10 heteroatoms. The van der Waals surface area contributed by atoms with Gasteiger partial charge in [-0.3, -0.25) is 9.69 Å². The third-order valence-corrected chi connectivity index (χ3v) is 4.49. The molecule has 0 radical (unpaired) electrons. The Morgan fingerprint density at radius 3 is 3.10 bits per heavy atom. The van der Waals surface area contributed by atoms with Gasteiger partial charge in [-0.05, 0) is 16.5 Å². The van der Waals surface area contributed by atoms with E-state index in [1.54, 1.807) is 24.9 Å². The average Bonchev–Trinajstić information content (AvgIpc) is 2.83. The molecule has 0 bridgehead atoms. The zero-order chi connectivity index (χ0) is 14.3. The van der Waals surface area contributed by atoms with E-state index in [1.165, 1.54) is 9.58 Å². The molecule has 0 saturated carbocycles. The van der Waals surface area contributed by atoms with E-state index in [9.17, 15) is 9.59 Å². The number of nitrogens with zero attached hydrogens (tertiary/aromatic N) is 5. The van der Waals surface area contributed by atoms with E-state index in [0.29, 0.717) is 18.0 Å². The second-order valence-corrected chi connectivity index (χ2v) is 5.94. The smallest absolute Gasteiger partial charge is 0.356 e. The fraction of sp³-hybridized carbons (Fsp3) is 0.500. The Morgan fingerprint density at radius 1 is 1.65 bits per heavy atom. The number of carbonyl (C=O) groups is 2. The molecule has 8 nitrogen and oxygen atoms in total. The van der Waals surface area contributed by atoms with Crippen molar-refractivity contribution in [3.05, 3.63) is 17.6 Å². The lowest BCUT2D eigenvalue weighted by atomic mass is 10.1. The van der Waals surface area contributed by atoms with Crippen LogP contribution >= 0.6 is 24.4 Å². The van der Waals surface area contributed by atoms with Gasteiger partial charge in [-0.25, -0.2) is 9.48 Å². The lowest BCUT2D eigenvalue weighted by Gasteiger charge is -2.42. The standard InChI is InChI=1S/C10H11N5O3S2/c1-14-8(11-12-13-14)10(19)18-9(17)5-2-3-20-7-4-6(16)15(5)7/h2,7,10,19H,3-4H2,1H3/t7-,10?/m1/s1. The van der Waals surface area contributed by atoms with Crippen LogP contribution in [0.4, 0.5) is 0 Å². The number of ether oxygens (including phenoxy) is 1. The summed E-state index contributed by atoms with van der Waals surface area (Å²) in [6, 6.07) is 0. The molecular weight excluding hydrogens is 302 g/mol. The van der Waals surface area contributed by atoms with Gasteiger partial charge in [0, 0.05) is 12.8 Å². The number of thiol groups is 1. The molecule has 0 spiro atoms. The molecule has 1 amide bonds. The van der Waals surface area contributed by atoms with Crippen molar-refractivity contribution in [2.24, 2.45) is 7.05 Å². The summed E-state index contributed by atoms with van der Waals surface area (Å²) in [5.41, 5.74) is -0.605. The average molecular weight is 313 g/mol. The van der Waals surface area contributed by atoms with E-state index < -0.39 is 11.4 Å². The number of hydrogen-bond acceptors (Lipinski definition) is 8. The highest BCUT2D eigenvalue weighted by molar-refractivity contribution is 8.00. The molecule has 20 heavy (non-hydrogen) atoms. The maximum Gasteiger partial charge on any atom is 0.356 e. The minimum atomic E-state index is -0.882. The molecular formula is C10H11N5O3S2. The number of aryl methyl sites for hydroxylation is 1. The lowest BCUT2D eigenvalue weighted by molar-refractivity contribution is -0.150. The summed E-state index contributed by atoms with van der Waals surface area (Å²) in [5, 5.41) is 10.9. The molecule has 2 aliphatic rings. The van der Waals surface area contributed by atoms with Crippen molar-refractivity contribution < 1.29 is 14.3 Å². The van der Waals surface area contributed by atoms with Crippen LogP contribution < -0.4 is 0 Å². The minimum absolute atomic E-state index is 0.0462. The number of carbonyl (C=O) groups excluding carboxylic acids is 2. The van der Waals surface area contributed by atoms with E-state index >= 15 is 0 Å². The van der Waals surface area contributed by atoms with Crippen LogP contribution in [0.15, 0.2) is 11.8 Å². The topological polar surface area (TPSA) is 90.2 Å². The van der Waals surface area contributed by atoms with Crippen molar-refractivity contribution in [2.45, 2.75) is 17.2 Å². The molecule has 2 atom stereocenters. The summed E-state index contributed by atoms with van der Waals surface area (Å²) in [6.07, 6.45) is 2.16. The normalized spacial score (nSPS) is 22.7. The molecule has 2 aliphatic heterocycles. The SMILES string of the molecule is Cn1nnnc1C(S)OC(=O)C1=CCS[C@@H]2CC(=O)N12. The van der Waals surface area contributed by atoms with Crippen LogP contribution in [0.25, 0.3) is 0 Å². The number of hydrogen-bond donors (Lipinski definition) is 1. The zero-order valence-electron chi connectivity index (χ0n) is 10.5. The number of esters is 1. The Balaban J connectivity index is 1.72. The first-order chi connectivity index (χ1) is 9.58. The molecule has 106 valence electrons. The van der Waals surface area contributed by atoms with Crippen molar-refractivity contribution in [1.29, 1.82) is 0 Å². The van der Waals surface area contributed by atoms with Crippen LogP contribution in [-0.4, -0.2) is 48.1 Å². The van der Waals surface area contributed by atoms with Crippen molar-refractivity contribution in [3.63, 3.8) is 0 Å². The van der Waals surface area contributed by atoms with E-state index in [4.69, 9.17) is 4.74 Å². The maximum atomic E-state index is 12.1. The number of fused-ring (bicyclic) bond motifs is 1. The van der Waals surface area contributed by atoms with E-state index in [-0.39, 0.29) is 17.0 Å². The fourth-order valence-electron chi connectivity index (χ4n) is 1.99. The first-order valence-corrected chi connectivity index (χ1v) is 7.39. The Morgan fingerprint density at radius 2 is 2.45 bits per heavy atom. The molecule has 1 saturated heterocycles. The summed E-state index contributed by atoms with van der Waals surface area (Å²) < 4.78 is 6.58. The molecule has 1 aromatic heterocycles. The van der Waals surface area contributed by atoms with Crippen molar-refractivity contribution in [3.8, 4) is 0 Å². The van der Waals surface area contributed by atoms with Crippen LogP contribution in [0, 0.1) is 0 Å². The Labute approximate surface area is 123 Å². The van der Waals surface area contributed by atoms with Crippen LogP contribution in [0.5, 0.6) is 0 Å². The predicted octanol–water partition coefficient (Wildman–Crippen LogP) is -0.129. The van der Waals surface area contributed by atoms with Crippen molar-refractivity contribution in [1.82, 2.24) is 25.1 Å². The van der Waals surface area contributed by atoms with Crippen LogP contribution in [-0.2, 0) is 21.4 Å². The summed E-state index contributed by atoms with van der Waals surface area (Å²) in [5.74, 6) is 0.341. The van der Waals surface area contributed by atoms with Gasteiger partial charge in [-0.15, -0.1) is 29.5 Å². The highest BCUT2D eigenvalue weighted by atomic mass is 32.2. The second kappa shape index (κ2) is 5.09. The molecule has 3 heterocycles. The van der Waals surface area contributed by atoms with Gasteiger partial charge in [0.2, 0.25) is 17.2 Å². The van der Waals surface area contributed by atoms with Gasteiger partial charge in [0.05, 0.1) is 11.8 Å². The molecule has 0 aromatic carbocycles. The summed E-state index contributed by atoms with van der Waals surface area (Å²) in [7, 11) is 1.62. The van der Waals surface area contributed by atoms with Crippen LogP contribution in [0.3, 0.4) is 0 Å². The fourth-order valence-corrected chi connectivity index (χ4v) is 3.42. The number of β-lactam (4-membered cyclic amide) rings is 1.